The Morgan fingerprint density at radius 3 is 2.55 bits per heavy atom. The Bertz CT molecular complexity index is 1090. The van der Waals surface area contributed by atoms with Crippen LogP contribution in [-0.2, 0) is 0 Å². The van der Waals surface area contributed by atoms with Crippen molar-refractivity contribution in [1.82, 2.24) is 9.88 Å². The van der Waals surface area contributed by atoms with Crippen LogP contribution in [0.2, 0.25) is 0 Å². The fourth-order valence-electron chi connectivity index (χ4n) is 3.69. The highest BCUT2D eigenvalue weighted by Gasteiger charge is 2.25. The number of nitrogens with zero attached hydrogens (tertiary/aromatic N) is 3. The van der Waals surface area contributed by atoms with Crippen LogP contribution in [0.1, 0.15) is 0 Å². The molecule has 0 atom stereocenters. The highest BCUT2D eigenvalue weighted by atomic mass is 32.1. The van der Waals surface area contributed by atoms with Crippen LogP contribution >= 0.6 is 11.3 Å². The van der Waals surface area contributed by atoms with Gasteiger partial charge in [-0.3, -0.25) is 0 Å². The van der Waals surface area contributed by atoms with Crippen molar-refractivity contribution in [3.05, 3.63) is 30.3 Å². The van der Waals surface area contributed by atoms with Gasteiger partial charge < -0.3 is 34.1 Å². The average molecular weight is 442 g/mol. The van der Waals surface area contributed by atoms with Crippen LogP contribution < -0.4 is 29.2 Å². The molecule has 3 aromatic rings. The lowest BCUT2D eigenvalue weighted by Crippen LogP contribution is -2.50. The molecule has 2 aliphatic rings. The Kier molecular flexibility index (Phi) is 5.06. The number of piperazine rings is 1. The molecule has 0 spiro atoms. The molecule has 1 saturated heterocycles. The first kappa shape index (κ1) is 19.6. The lowest BCUT2D eigenvalue weighted by molar-refractivity contribution is 0.174. The van der Waals surface area contributed by atoms with Gasteiger partial charge in [-0.05, 0) is 24.3 Å². The van der Waals surface area contributed by atoms with Crippen molar-refractivity contribution in [2.45, 2.75) is 0 Å². The third-order valence-electron chi connectivity index (χ3n) is 5.36. The second-order valence-electron chi connectivity index (χ2n) is 7.12. The fourth-order valence-corrected chi connectivity index (χ4v) is 4.81. The van der Waals surface area contributed by atoms with E-state index >= 15 is 0 Å². The smallest absolute Gasteiger partial charge is 0.321 e. The zero-order chi connectivity index (χ0) is 21.4. The summed E-state index contributed by atoms with van der Waals surface area (Å²) in [5.74, 6) is 2.83. The van der Waals surface area contributed by atoms with Gasteiger partial charge in [0.15, 0.2) is 16.6 Å². The average Bonchev–Trinajstić information content (AvgIpc) is 3.45. The molecule has 162 valence electrons. The molecule has 1 N–H and O–H groups in total. The number of thiazole rings is 1. The molecule has 2 aromatic carbocycles. The summed E-state index contributed by atoms with van der Waals surface area (Å²) in [5.41, 5.74) is 1.48. The normalized spacial score (nSPS) is 15.3. The van der Waals surface area contributed by atoms with E-state index in [9.17, 15) is 4.79 Å². The predicted octanol–water partition coefficient (Wildman–Crippen LogP) is 3.40. The Hall–Kier alpha value is -3.40. The van der Waals surface area contributed by atoms with E-state index in [4.69, 9.17) is 23.9 Å². The highest BCUT2D eigenvalue weighted by Crippen LogP contribution is 2.40. The number of anilines is 2. The molecule has 1 fully saturated rings. The number of hydrogen-bond acceptors (Lipinski definition) is 8. The van der Waals surface area contributed by atoms with Gasteiger partial charge in [-0.1, -0.05) is 11.3 Å². The summed E-state index contributed by atoms with van der Waals surface area (Å²) in [4.78, 5) is 21.5. The Morgan fingerprint density at radius 1 is 1.03 bits per heavy atom. The van der Waals surface area contributed by atoms with Gasteiger partial charge in [0.05, 0.1) is 14.2 Å². The van der Waals surface area contributed by atoms with Gasteiger partial charge in [-0.15, -0.1) is 0 Å². The van der Waals surface area contributed by atoms with Crippen LogP contribution in [0.4, 0.5) is 15.6 Å². The monoisotopic (exact) mass is 442 g/mol. The molecule has 9 nitrogen and oxygen atoms in total. The van der Waals surface area contributed by atoms with E-state index in [0.29, 0.717) is 43.4 Å². The van der Waals surface area contributed by atoms with Gasteiger partial charge in [0.2, 0.25) is 6.79 Å². The molecule has 10 heteroatoms. The van der Waals surface area contributed by atoms with Crippen LogP contribution in [-0.4, -0.2) is 63.1 Å². The maximum Gasteiger partial charge on any atom is 0.321 e. The van der Waals surface area contributed by atoms with Crippen LogP contribution in [0.15, 0.2) is 30.3 Å². The fraction of sp³-hybridized carbons (Fsp3) is 0.333. The quantitative estimate of drug-likeness (QED) is 0.663. The molecular formula is C21H22N4O5S. The minimum absolute atomic E-state index is 0.133. The van der Waals surface area contributed by atoms with Crippen LogP contribution in [0.3, 0.4) is 0 Å². The summed E-state index contributed by atoms with van der Waals surface area (Å²) in [6, 6.07) is 9.00. The molecule has 1 aromatic heterocycles. The van der Waals surface area contributed by atoms with Gasteiger partial charge >= 0.3 is 6.03 Å². The standard InChI is InChI=1S/C21H22N4O5S/c1-27-15-5-6-16(28-2)19-18(15)23-21(31-19)25-9-7-24(8-10-25)20(26)22-13-3-4-14-17(11-13)30-12-29-14/h3-6,11H,7-10,12H2,1-2H3,(H,22,26). The van der Waals surface area contributed by atoms with Crippen LogP contribution in [0.25, 0.3) is 10.2 Å². The number of nitrogens with one attached hydrogen (secondary N) is 1. The molecule has 31 heavy (non-hydrogen) atoms. The van der Waals surface area contributed by atoms with Crippen LogP contribution in [0.5, 0.6) is 23.0 Å². The van der Waals surface area contributed by atoms with Crippen molar-refractivity contribution in [1.29, 1.82) is 0 Å². The number of carbonyl (C=O) groups is 1. The first-order valence-corrected chi connectivity index (χ1v) is 10.7. The summed E-state index contributed by atoms with van der Waals surface area (Å²) < 4.78 is 22.6. The number of methoxy groups -OCH3 is 2. The van der Waals surface area contributed by atoms with E-state index < -0.39 is 0 Å². The van der Waals surface area contributed by atoms with E-state index in [1.54, 1.807) is 42.6 Å². The molecule has 2 amide bonds. The predicted molar refractivity (Wildman–Crippen MR) is 118 cm³/mol. The first-order chi connectivity index (χ1) is 15.2. The molecule has 2 aliphatic heterocycles. The Morgan fingerprint density at radius 2 is 1.77 bits per heavy atom. The number of ether oxygens (including phenoxy) is 4. The molecule has 0 unspecified atom stereocenters. The maximum atomic E-state index is 12.7. The lowest BCUT2D eigenvalue weighted by atomic mass is 10.3. The second kappa shape index (κ2) is 8.03. The van der Waals surface area contributed by atoms with Crippen molar-refractivity contribution in [3.8, 4) is 23.0 Å². The second-order valence-corrected chi connectivity index (χ2v) is 8.09. The van der Waals surface area contributed by atoms with Gasteiger partial charge in [-0.2, -0.15) is 0 Å². The number of aromatic nitrogens is 1. The topological polar surface area (TPSA) is 85.4 Å². The number of rotatable bonds is 4. The minimum atomic E-state index is -0.133. The molecule has 0 bridgehead atoms. The largest absolute Gasteiger partial charge is 0.495 e. The third-order valence-corrected chi connectivity index (χ3v) is 6.49. The van der Waals surface area contributed by atoms with Gasteiger partial charge in [0, 0.05) is 37.9 Å². The molecule has 0 radical (unpaired) electrons. The Labute approximate surface area is 183 Å². The van der Waals surface area contributed by atoms with Crippen molar-refractivity contribution >= 4 is 38.4 Å². The lowest BCUT2D eigenvalue weighted by Gasteiger charge is -2.34. The minimum Gasteiger partial charge on any atom is -0.495 e. The number of fused-ring (bicyclic) bond motifs is 2. The number of urea groups is 1. The number of hydrogen-bond donors (Lipinski definition) is 1. The summed E-state index contributed by atoms with van der Waals surface area (Å²) in [6.45, 7) is 2.79. The van der Waals surface area contributed by atoms with E-state index in [1.807, 2.05) is 18.2 Å². The summed E-state index contributed by atoms with van der Waals surface area (Å²) in [5, 5.41) is 3.83. The number of benzene rings is 2. The zero-order valence-electron chi connectivity index (χ0n) is 17.2. The number of carbonyl (C=O) groups excluding carboxylic acids is 1. The van der Waals surface area contributed by atoms with Gasteiger partial charge in [0.25, 0.3) is 0 Å². The molecule has 5 rings (SSSR count). The summed E-state index contributed by atoms with van der Waals surface area (Å²) >= 11 is 1.57. The third kappa shape index (κ3) is 3.63. The van der Waals surface area contributed by atoms with Crippen molar-refractivity contribution in [2.75, 3.05) is 57.4 Å². The molecule has 3 heterocycles. The van der Waals surface area contributed by atoms with Gasteiger partial charge in [-0.25, -0.2) is 9.78 Å². The zero-order valence-corrected chi connectivity index (χ0v) is 18.0. The number of amides is 2. The van der Waals surface area contributed by atoms with E-state index in [2.05, 4.69) is 10.2 Å². The van der Waals surface area contributed by atoms with Crippen molar-refractivity contribution in [3.63, 3.8) is 0 Å². The van der Waals surface area contributed by atoms with E-state index in [0.717, 1.165) is 26.8 Å². The van der Waals surface area contributed by atoms with Crippen LogP contribution in [0, 0.1) is 0 Å². The maximum absolute atomic E-state index is 12.7. The summed E-state index contributed by atoms with van der Waals surface area (Å²) in [6.07, 6.45) is 0. The van der Waals surface area contributed by atoms with Gasteiger partial charge in [0.1, 0.15) is 21.7 Å². The summed E-state index contributed by atoms with van der Waals surface area (Å²) in [7, 11) is 3.29. The van der Waals surface area contributed by atoms with E-state index in [-0.39, 0.29) is 12.8 Å². The van der Waals surface area contributed by atoms with Crippen molar-refractivity contribution in [2.24, 2.45) is 0 Å². The molecular weight excluding hydrogens is 420 g/mol. The molecule has 0 saturated carbocycles. The molecule has 0 aliphatic carbocycles. The SMILES string of the molecule is COc1ccc(OC)c2sc(N3CCN(C(=O)Nc4ccc5c(c4)OCO5)CC3)nc12. The highest BCUT2D eigenvalue weighted by molar-refractivity contribution is 7.22. The first-order valence-electron chi connectivity index (χ1n) is 9.88. The van der Waals surface area contributed by atoms with E-state index in [1.165, 1.54) is 0 Å². The van der Waals surface area contributed by atoms with Crippen molar-refractivity contribution < 1.29 is 23.7 Å². The Balaban J connectivity index is 1.25.